The first-order valence-corrected chi connectivity index (χ1v) is 15.6. The Kier molecular flexibility index (Phi) is 6.70. The predicted molar refractivity (Wildman–Crippen MR) is 222 cm³/mol. The van der Waals surface area contributed by atoms with Crippen LogP contribution in [0.2, 0.25) is 0 Å². The third-order valence-electron chi connectivity index (χ3n) is 4.18. The van der Waals surface area contributed by atoms with Crippen molar-refractivity contribution in [3.63, 3.8) is 0 Å². The summed E-state index contributed by atoms with van der Waals surface area (Å²) in [5.74, 6) is -6.31. The number of quaternary nitrogens is 1. The molecule has 0 fully saturated rings. The van der Waals surface area contributed by atoms with E-state index in [1.807, 2.05) is 0 Å². The van der Waals surface area contributed by atoms with Crippen molar-refractivity contribution in [2.75, 3.05) is 47.5 Å². The van der Waals surface area contributed by atoms with Crippen LogP contribution < -0.4 is 4.89 Å². The number of rotatable bonds is 42. The Hall–Kier alpha value is -0.990. The molecule has 0 amide bonds. The predicted octanol–water partition coefficient (Wildman–Crippen LogP) is 12.2. The van der Waals surface area contributed by atoms with Crippen molar-refractivity contribution in [3.8, 4) is 0 Å². The topological polar surface area (TPSA) is 111 Å². The zero-order valence-corrected chi connectivity index (χ0v) is 29.5. The van der Waals surface area contributed by atoms with E-state index in [0.717, 1.165) is 0 Å². The van der Waals surface area contributed by atoms with Crippen LogP contribution >= 0.6 is 7.82 Å². The highest BCUT2D eigenvalue weighted by molar-refractivity contribution is 7.45. The fraction of sp³-hybridized carbons (Fsp3) is 0.955. The standard InChI is InChI=1S/C44H88NO8P/c1-6-8-10-12-14-16-18-20-22-24-26-28-30-32-34-36-43(46)50-40-42(41-52-54(48,49)51-39-38-45(3,4)5)53-44(47)37-35-33-31-29-27-25-23-21-19-17-15-13-11-9-7-2/h42H,6-41H2,1-5H3/t42-/m1/s1/i1D3,2D3,6D2,7D2,8D2,9D2,10D2,11D2,12D2,13D2,14D2,15D2,16D2,17D2,18D2,19D2,20D2,21D2,22D2,23D2,24D2,25D2,26D2,27D2,28D2,29D2,30D2,31D2,32D2,33D2,34D2,35D2,36D2,37D2. The van der Waals surface area contributed by atoms with Gasteiger partial charge in [-0.15, -0.1) is 0 Å². The van der Waals surface area contributed by atoms with Gasteiger partial charge in [0.1, 0.15) is 19.8 Å². The molecule has 0 aliphatic rings. The van der Waals surface area contributed by atoms with E-state index in [1.165, 1.54) is 21.1 Å². The van der Waals surface area contributed by atoms with Crippen LogP contribution in [0.25, 0.3) is 0 Å². The molecule has 0 bridgehead atoms. The lowest BCUT2D eigenvalue weighted by Gasteiger charge is -2.28. The smallest absolute Gasteiger partial charge is 0.306 e. The van der Waals surface area contributed by atoms with Gasteiger partial charge in [0.25, 0.3) is 7.82 Å². The maximum atomic E-state index is 14.0. The number of ether oxygens (including phenoxy) is 2. The van der Waals surface area contributed by atoms with Crippen molar-refractivity contribution in [2.45, 2.75) is 224 Å². The zero-order valence-electron chi connectivity index (χ0n) is 98.6. The molecular formula is C44H88NO8P. The van der Waals surface area contributed by atoms with Gasteiger partial charge in [0.15, 0.2) is 6.10 Å². The number of nitrogens with zero attached hydrogens (tertiary/aromatic N) is 1. The van der Waals surface area contributed by atoms with Crippen LogP contribution in [0.5, 0.6) is 0 Å². The third-order valence-corrected chi connectivity index (χ3v) is 5.15. The van der Waals surface area contributed by atoms with Gasteiger partial charge in [-0.2, -0.15) is 0 Å². The van der Waals surface area contributed by atoms with Gasteiger partial charge < -0.3 is 27.9 Å². The molecule has 2 atom stereocenters. The lowest BCUT2D eigenvalue weighted by atomic mass is 10.0. The summed E-state index contributed by atoms with van der Waals surface area (Å²) in [6, 6.07) is 0. The first kappa shape index (κ1) is 9.63. The molecule has 54 heavy (non-hydrogen) atoms. The molecule has 0 aromatic heterocycles. The van der Waals surface area contributed by atoms with Gasteiger partial charge in [0.05, 0.1) is 27.7 Å². The molecule has 9 nitrogen and oxygen atoms in total. The number of phosphoric acid groups is 1. The molecule has 0 heterocycles. The Morgan fingerprint density at radius 2 is 0.907 bits per heavy atom. The molecular weight excluding hydrogens is 701 g/mol. The van der Waals surface area contributed by atoms with E-state index in [0.29, 0.717) is 0 Å². The van der Waals surface area contributed by atoms with Gasteiger partial charge in [-0.25, -0.2) is 0 Å². The van der Waals surface area contributed by atoms with E-state index in [9.17, 15) is 19.0 Å². The minimum Gasteiger partial charge on any atom is -0.756 e. The average molecular weight is 861 g/mol. The molecule has 0 N–H and O–H groups in total. The summed E-state index contributed by atoms with van der Waals surface area (Å²) in [5.41, 5.74) is 0. The van der Waals surface area contributed by atoms with E-state index in [-0.39, 0.29) is 11.0 Å². The molecule has 1 unspecified atom stereocenters. The van der Waals surface area contributed by atoms with Gasteiger partial charge >= 0.3 is 11.9 Å². The summed E-state index contributed by atoms with van der Waals surface area (Å²) >= 11 is 0. The normalized spacial score (nSPS) is 41.7. The number of hydrogen-bond acceptors (Lipinski definition) is 8. The highest BCUT2D eigenvalue weighted by Gasteiger charge is 2.21. The second kappa shape index (κ2) is 37.6. The first-order valence-electron chi connectivity index (χ1n) is 49.1. The van der Waals surface area contributed by atoms with Gasteiger partial charge in [-0.1, -0.05) is 192 Å². The van der Waals surface area contributed by atoms with Gasteiger partial charge in [0.2, 0.25) is 0 Å². The molecule has 10 heteroatoms. The van der Waals surface area contributed by atoms with Crippen LogP contribution in [0.15, 0.2) is 0 Å². The van der Waals surface area contributed by atoms with Crippen LogP contribution in [0.3, 0.4) is 0 Å². The Labute approximate surface area is 432 Å². The summed E-state index contributed by atoms with van der Waals surface area (Å²) in [4.78, 5) is 40.9. The summed E-state index contributed by atoms with van der Waals surface area (Å²) < 4.78 is 610. The monoisotopic (exact) mass is 860 g/mol. The molecule has 0 aliphatic heterocycles. The first-order chi connectivity index (χ1) is 52.3. The Bertz CT molecular complexity index is 3850. The molecule has 0 radical (unpaired) electrons. The maximum Gasteiger partial charge on any atom is 0.306 e. The summed E-state index contributed by atoms with van der Waals surface area (Å²) in [5, 5.41) is 0. The number of likely N-dealkylation sites (N-methyl/N-ethyl adjacent to an activating group) is 1. The molecule has 0 saturated heterocycles. The van der Waals surface area contributed by atoms with Crippen molar-refractivity contribution in [2.24, 2.45) is 0 Å². The SMILES string of the molecule is [2H]C([2H])([2H])C([2H])([2H])C([2H])([2H])C([2H])([2H])C([2H])([2H])C([2H])([2H])C([2H])([2H])C([2H])([2H])C([2H])([2H])C([2H])([2H])C([2H])([2H])C([2H])([2H])C([2H])([2H])C([2H])([2H])C([2H])([2H])C([2H])([2H])C([2H])([2H])C(=O)OC[C@H](COP(=O)([O-])OCC[N+](C)(C)C)OC(=O)C([2H])([2H])C([2H])([2H])C([2H])([2H])C([2H])([2H])C([2H])([2H])C([2H])([2H])C([2H])([2H])C([2H])([2H])C([2H])([2H])C([2H])([2H])C([2H])([2H])C([2H])([2H])C([2H])([2H])C([2H])([2H])C([2H])([2H])C([2H])([2H])C([2H])([2H])[2H]. The van der Waals surface area contributed by atoms with E-state index in [2.05, 4.69) is 18.5 Å². The van der Waals surface area contributed by atoms with Crippen molar-refractivity contribution in [1.82, 2.24) is 0 Å². The van der Waals surface area contributed by atoms with Gasteiger partial charge in [0, 0.05) is 109 Å². The summed E-state index contributed by atoms with van der Waals surface area (Å²) in [6.45, 7) is -14.3. The largest absolute Gasteiger partial charge is 0.756 e. The van der Waals surface area contributed by atoms with E-state index >= 15 is 0 Å². The minimum absolute atomic E-state index is 0.128. The van der Waals surface area contributed by atoms with Crippen LogP contribution in [0.4, 0.5) is 0 Å². The van der Waals surface area contributed by atoms with Crippen LogP contribution in [-0.4, -0.2) is 70.0 Å². The second-order valence-electron chi connectivity index (χ2n) is 9.22. The Balaban J connectivity index is 8.40. The highest BCUT2D eigenvalue weighted by Crippen LogP contribution is 2.38. The van der Waals surface area contributed by atoms with Crippen LogP contribution in [0.1, 0.15) is 314 Å². The second-order valence-corrected chi connectivity index (χ2v) is 10.6. The minimum atomic E-state index is -6.01. The molecule has 0 aromatic carbocycles. The summed E-state index contributed by atoms with van der Waals surface area (Å²) in [6.07, 6.45) is -175. The van der Waals surface area contributed by atoms with E-state index in [4.69, 9.17) is 96.0 Å². The molecule has 0 aliphatic carbocycles. The Morgan fingerprint density at radius 3 is 1.28 bits per heavy atom. The fourth-order valence-electron chi connectivity index (χ4n) is 2.12. The number of hydrogen-bond donors (Lipinski definition) is 0. The summed E-state index contributed by atoms with van der Waals surface area (Å²) in [7, 11) is -1.73. The Morgan fingerprint density at radius 1 is 0.556 bits per heavy atom. The fourth-order valence-corrected chi connectivity index (χ4v) is 2.85. The third kappa shape index (κ3) is 40.7. The number of esters is 2. The van der Waals surface area contributed by atoms with Crippen molar-refractivity contribution >= 4 is 19.8 Å². The van der Waals surface area contributed by atoms with Crippen molar-refractivity contribution in [1.29, 1.82) is 0 Å². The number of carbonyl (C=O) groups is 2. The van der Waals surface area contributed by atoms with E-state index < -0.39 is 263 Å². The molecule has 0 aromatic rings. The molecule has 0 spiro atoms. The van der Waals surface area contributed by atoms with Crippen LogP contribution in [-0.2, 0) is 32.7 Å². The quantitative estimate of drug-likeness (QED) is 0.0339. The number of phosphoric ester groups is 1. The van der Waals surface area contributed by atoms with Crippen molar-refractivity contribution < 1.29 is 138 Å². The highest BCUT2D eigenvalue weighted by atomic mass is 31.2. The molecule has 0 saturated carbocycles. The van der Waals surface area contributed by atoms with Crippen LogP contribution in [0, 0.1) is 0 Å². The number of carbonyl (C=O) groups excluding carboxylic acids is 2. The molecule has 0 rings (SSSR count). The lowest BCUT2D eigenvalue weighted by molar-refractivity contribution is -0.870. The van der Waals surface area contributed by atoms with E-state index in [1.54, 1.807) is 0 Å². The average Bonchev–Trinajstić information content (AvgIpc) is 0.678. The van der Waals surface area contributed by atoms with Crippen molar-refractivity contribution in [3.05, 3.63) is 0 Å². The van der Waals surface area contributed by atoms with Gasteiger partial charge in [-0.05, 0) is 12.7 Å². The van der Waals surface area contributed by atoms with Gasteiger partial charge in [-0.3, -0.25) is 14.2 Å². The zero-order chi connectivity index (χ0) is 102. The maximum absolute atomic E-state index is 14.0. The lowest BCUT2D eigenvalue weighted by Crippen LogP contribution is -2.37. The molecule has 322 valence electrons.